The van der Waals surface area contributed by atoms with Crippen LogP contribution in [0.4, 0.5) is 5.82 Å². The standard InChI is InChI=1S/C16H18Cl2N4O/c1-16(19)5-7-22(8-6-16)12-9-20-15(23)14(21-12)10-3-2-4-11(17)13(10)18/h2-4,9H,5-8,19H2,1H3,(H,20,23). The van der Waals surface area contributed by atoms with Gasteiger partial charge in [0.05, 0.1) is 16.2 Å². The van der Waals surface area contributed by atoms with E-state index < -0.39 is 0 Å². The summed E-state index contributed by atoms with van der Waals surface area (Å²) >= 11 is 12.3. The summed E-state index contributed by atoms with van der Waals surface area (Å²) in [6, 6.07) is 5.21. The van der Waals surface area contributed by atoms with Gasteiger partial charge in [0.2, 0.25) is 5.88 Å². The molecule has 0 saturated carbocycles. The van der Waals surface area contributed by atoms with Gasteiger partial charge in [-0.25, -0.2) is 9.97 Å². The normalized spacial score (nSPS) is 17.3. The van der Waals surface area contributed by atoms with E-state index in [1.807, 2.05) is 0 Å². The number of benzene rings is 1. The fourth-order valence-corrected chi connectivity index (χ4v) is 3.03. The maximum absolute atomic E-state index is 10.1. The first-order valence-corrected chi connectivity index (χ1v) is 8.17. The van der Waals surface area contributed by atoms with E-state index in [1.54, 1.807) is 24.4 Å². The minimum Gasteiger partial charge on any atom is -0.492 e. The van der Waals surface area contributed by atoms with Crippen LogP contribution < -0.4 is 10.6 Å². The molecule has 5 nitrogen and oxygen atoms in total. The summed E-state index contributed by atoms with van der Waals surface area (Å²) in [4.78, 5) is 10.7. The quantitative estimate of drug-likeness (QED) is 0.865. The molecule has 2 heterocycles. The fraction of sp³-hybridized carbons (Fsp3) is 0.375. The molecule has 2 aromatic rings. The van der Waals surface area contributed by atoms with Gasteiger partial charge in [0.1, 0.15) is 11.5 Å². The summed E-state index contributed by atoms with van der Waals surface area (Å²) in [5.74, 6) is 0.530. The van der Waals surface area contributed by atoms with Crippen molar-refractivity contribution >= 4 is 29.0 Å². The largest absolute Gasteiger partial charge is 0.492 e. The highest BCUT2D eigenvalue weighted by Crippen LogP contribution is 2.36. The molecule has 3 rings (SSSR count). The highest BCUT2D eigenvalue weighted by molar-refractivity contribution is 6.43. The van der Waals surface area contributed by atoms with Gasteiger partial charge in [0.15, 0.2) is 0 Å². The third-order valence-electron chi connectivity index (χ3n) is 4.18. The number of aromatic hydroxyl groups is 1. The Labute approximate surface area is 145 Å². The molecule has 0 unspecified atom stereocenters. The molecule has 0 atom stereocenters. The number of hydrogen-bond donors (Lipinski definition) is 2. The topological polar surface area (TPSA) is 75.3 Å². The van der Waals surface area contributed by atoms with E-state index in [1.165, 1.54) is 0 Å². The van der Waals surface area contributed by atoms with Gasteiger partial charge in [0, 0.05) is 24.2 Å². The van der Waals surface area contributed by atoms with Crippen molar-refractivity contribution in [2.45, 2.75) is 25.3 Å². The Bertz CT molecular complexity index is 726. The Morgan fingerprint density at radius 2 is 1.96 bits per heavy atom. The molecule has 0 spiro atoms. The summed E-state index contributed by atoms with van der Waals surface area (Å²) in [7, 11) is 0. The van der Waals surface area contributed by atoms with Crippen molar-refractivity contribution < 1.29 is 5.11 Å². The van der Waals surface area contributed by atoms with Crippen LogP contribution in [0.15, 0.2) is 24.4 Å². The van der Waals surface area contributed by atoms with Crippen LogP contribution in [0.3, 0.4) is 0 Å². The van der Waals surface area contributed by atoms with Crippen LogP contribution in [0.1, 0.15) is 19.8 Å². The molecule has 1 aliphatic heterocycles. The van der Waals surface area contributed by atoms with Crippen molar-refractivity contribution in [3.8, 4) is 17.1 Å². The van der Waals surface area contributed by atoms with Crippen LogP contribution >= 0.6 is 23.2 Å². The maximum Gasteiger partial charge on any atom is 0.238 e. The molecule has 0 bridgehead atoms. The van der Waals surface area contributed by atoms with Crippen molar-refractivity contribution in [3.05, 3.63) is 34.4 Å². The summed E-state index contributed by atoms with van der Waals surface area (Å²) in [6.07, 6.45) is 3.32. The highest BCUT2D eigenvalue weighted by Gasteiger charge is 2.27. The minimum absolute atomic E-state index is 0.139. The van der Waals surface area contributed by atoms with Gasteiger partial charge < -0.3 is 15.7 Å². The van der Waals surface area contributed by atoms with Crippen LogP contribution in [0, 0.1) is 0 Å². The molecule has 1 aromatic carbocycles. The zero-order chi connectivity index (χ0) is 16.6. The second kappa shape index (κ2) is 6.15. The van der Waals surface area contributed by atoms with Crippen molar-refractivity contribution in [1.29, 1.82) is 0 Å². The SMILES string of the molecule is CC1(N)CCN(c2cnc(O)c(-c3cccc(Cl)c3Cl)n2)CC1. The molecule has 7 heteroatoms. The van der Waals surface area contributed by atoms with Crippen LogP contribution in [-0.4, -0.2) is 33.7 Å². The van der Waals surface area contributed by atoms with E-state index in [4.69, 9.17) is 28.9 Å². The van der Waals surface area contributed by atoms with Crippen LogP contribution in [0.25, 0.3) is 11.3 Å². The Morgan fingerprint density at radius 3 is 2.65 bits per heavy atom. The third-order valence-corrected chi connectivity index (χ3v) is 5.00. The average Bonchev–Trinajstić information content (AvgIpc) is 2.51. The van der Waals surface area contributed by atoms with Gasteiger partial charge in [-0.2, -0.15) is 0 Å². The number of nitrogens with zero attached hydrogens (tertiary/aromatic N) is 3. The minimum atomic E-state index is -0.168. The van der Waals surface area contributed by atoms with Gasteiger partial charge >= 0.3 is 0 Å². The van der Waals surface area contributed by atoms with E-state index in [-0.39, 0.29) is 11.4 Å². The third kappa shape index (κ3) is 3.37. The number of halogens is 2. The molecule has 23 heavy (non-hydrogen) atoms. The first kappa shape index (κ1) is 16.3. The summed E-state index contributed by atoms with van der Waals surface area (Å²) in [5.41, 5.74) is 6.92. The highest BCUT2D eigenvalue weighted by atomic mass is 35.5. The van der Waals surface area contributed by atoms with Crippen molar-refractivity contribution in [2.24, 2.45) is 5.73 Å². The molecule has 1 saturated heterocycles. The Hall–Kier alpha value is -1.56. The molecule has 1 aliphatic rings. The van der Waals surface area contributed by atoms with E-state index in [0.717, 1.165) is 25.9 Å². The Morgan fingerprint density at radius 1 is 1.26 bits per heavy atom. The van der Waals surface area contributed by atoms with Crippen LogP contribution in [0.2, 0.25) is 10.0 Å². The van der Waals surface area contributed by atoms with E-state index in [9.17, 15) is 5.11 Å². The predicted molar refractivity (Wildman–Crippen MR) is 93.2 cm³/mol. The number of anilines is 1. The van der Waals surface area contributed by atoms with Gasteiger partial charge in [-0.3, -0.25) is 0 Å². The Balaban J connectivity index is 1.96. The molecule has 0 radical (unpaired) electrons. The lowest BCUT2D eigenvalue weighted by Crippen LogP contribution is -2.48. The van der Waals surface area contributed by atoms with E-state index in [2.05, 4.69) is 21.8 Å². The number of nitrogens with two attached hydrogens (primary N) is 1. The average molecular weight is 353 g/mol. The zero-order valence-corrected chi connectivity index (χ0v) is 14.3. The molecule has 1 fully saturated rings. The fourth-order valence-electron chi connectivity index (χ4n) is 2.64. The first-order chi connectivity index (χ1) is 10.9. The summed E-state index contributed by atoms with van der Waals surface area (Å²) < 4.78 is 0. The molecular formula is C16H18Cl2N4O. The smallest absolute Gasteiger partial charge is 0.238 e. The van der Waals surface area contributed by atoms with Crippen LogP contribution in [-0.2, 0) is 0 Å². The van der Waals surface area contributed by atoms with E-state index >= 15 is 0 Å². The second-order valence-corrected chi connectivity index (χ2v) is 6.93. The number of piperidine rings is 1. The first-order valence-electron chi connectivity index (χ1n) is 7.42. The van der Waals surface area contributed by atoms with Gasteiger partial charge in [-0.1, -0.05) is 35.3 Å². The molecule has 0 amide bonds. The zero-order valence-electron chi connectivity index (χ0n) is 12.8. The lowest BCUT2D eigenvalue weighted by atomic mass is 9.91. The van der Waals surface area contributed by atoms with Crippen molar-refractivity contribution in [3.63, 3.8) is 0 Å². The number of aromatic nitrogens is 2. The molecule has 1 aromatic heterocycles. The maximum atomic E-state index is 10.1. The lowest BCUT2D eigenvalue weighted by molar-refractivity contribution is 0.362. The Kier molecular flexibility index (Phi) is 4.36. The van der Waals surface area contributed by atoms with Crippen LogP contribution in [0.5, 0.6) is 5.88 Å². The molecule has 122 valence electrons. The monoisotopic (exact) mass is 352 g/mol. The second-order valence-electron chi connectivity index (χ2n) is 6.14. The van der Waals surface area contributed by atoms with E-state index in [0.29, 0.717) is 27.1 Å². The predicted octanol–water partition coefficient (Wildman–Crippen LogP) is 3.47. The van der Waals surface area contributed by atoms with Gasteiger partial charge in [-0.15, -0.1) is 0 Å². The van der Waals surface area contributed by atoms with Crippen molar-refractivity contribution in [2.75, 3.05) is 18.0 Å². The number of hydrogen-bond acceptors (Lipinski definition) is 5. The molecule has 3 N–H and O–H groups in total. The molecule has 0 aliphatic carbocycles. The van der Waals surface area contributed by atoms with Gasteiger partial charge in [0.25, 0.3) is 0 Å². The summed E-state index contributed by atoms with van der Waals surface area (Å²) in [6.45, 7) is 3.66. The summed E-state index contributed by atoms with van der Waals surface area (Å²) in [5, 5.41) is 10.8. The van der Waals surface area contributed by atoms with Crippen molar-refractivity contribution in [1.82, 2.24) is 9.97 Å². The molecular weight excluding hydrogens is 335 g/mol. The van der Waals surface area contributed by atoms with Gasteiger partial charge in [-0.05, 0) is 25.8 Å². The number of rotatable bonds is 2. The lowest BCUT2D eigenvalue weighted by Gasteiger charge is -2.37.